The van der Waals surface area contributed by atoms with Gasteiger partial charge in [0.15, 0.2) is 0 Å². The monoisotopic (exact) mass is 370 g/mol. The van der Waals surface area contributed by atoms with Gasteiger partial charge in [-0.2, -0.15) is 0 Å². The Morgan fingerprint density at radius 1 is 1.31 bits per heavy atom. The van der Waals surface area contributed by atoms with E-state index in [1.807, 2.05) is 11.3 Å². The van der Waals surface area contributed by atoms with Crippen LogP contribution in [0, 0.1) is 6.92 Å². The van der Waals surface area contributed by atoms with E-state index in [2.05, 4.69) is 52.9 Å². The predicted molar refractivity (Wildman–Crippen MR) is 105 cm³/mol. The molecule has 2 atom stereocenters. The smallest absolute Gasteiger partial charge is 0.237 e. The first-order chi connectivity index (χ1) is 12.7. The third kappa shape index (κ3) is 3.56. The first-order valence-corrected chi connectivity index (χ1v) is 10.4. The molecule has 2 aliphatic heterocycles. The van der Waals surface area contributed by atoms with E-state index in [-0.39, 0.29) is 18.1 Å². The van der Waals surface area contributed by atoms with Crippen LogP contribution in [0.5, 0.6) is 0 Å². The van der Waals surface area contributed by atoms with E-state index in [1.54, 1.807) is 0 Å². The summed E-state index contributed by atoms with van der Waals surface area (Å²) in [5, 5.41) is 5.47. The highest BCUT2D eigenvalue weighted by atomic mass is 32.1. The van der Waals surface area contributed by atoms with Gasteiger partial charge >= 0.3 is 0 Å². The number of hydrogen-bond donors (Lipinski definition) is 1. The molecule has 1 saturated heterocycles. The average Bonchev–Trinajstić information content (AvgIpc) is 3.33. The molecule has 0 aliphatic carbocycles. The van der Waals surface area contributed by atoms with Crippen LogP contribution in [0.4, 0.5) is 0 Å². The van der Waals surface area contributed by atoms with E-state index < -0.39 is 0 Å². The van der Waals surface area contributed by atoms with Gasteiger partial charge in [0.2, 0.25) is 5.91 Å². The fourth-order valence-corrected chi connectivity index (χ4v) is 4.96. The van der Waals surface area contributed by atoms with Gasteiger partial charge in [-0.1, -0.05) is 24.3 Å². The number of carbonyl (C=O) groups is 1. The number of hydrogen-bond acceptors (Lipinski definition) is 4. The van der Waals surface area contributed by atoms with E-state index in [0.29, 0.717) is 6.54 Å². The lowest BCUT2D eigenvalue weighted by molar-refractivity contribution is -0.132. The Labute approximate surface area is 159 Å². The summed E-state index contributed by atoms with van der Waals surface area (Å²) < 4.78 is 5.64. The van der Waals surface area contributed by atoms with E-state index in [9.17, 15) is 4.79 Å². The molecule has 0 radical (unpaired) electrons. The van der Waals surface area contributed by atoms with Gasteiger partial charge in [0.25, 0.3) is 0 Å². The zero-order valence-corrected chi connectivity index (χ0v) is 16.1. The Morgan fingerprint density at radius 2 is 2.19 bits per heavy atom. The van der Waals surface area contributed by atoms with Crippen LogP contribution < -0.4 is 5.32 Å². The van der Waals surface area contributed by atoms with Gasteiger partial charge in [0.05, 0.1) is 18.7 Å². The molecular weight excluding hydrogens is 344 g/mol. The summed E-state index contributed by atoms with van der Waals surface area (Å²) in [4.78, 5) is 16.5. The van der Waals surface area contributed by atoms with Crippen molar-refractivity contribution in [3.63, 3.8) is 0 Å². The first-order valence-electron chi connectivity index (χ1n) is 9.47. The van der Waals surface area contributed by atoms with E-state index >= 15 is 0 Å². The van der Waals surface area contributed by atoms with Crippen molar-refractivity contribution >= 4 is 17.2 Å². The number of fused-ring (bicyclic) bond motifs is 1. The Balaban J connectivity index is 1.52. The summed E-state index contributed by atoms with van der Waals surface area (Å²) in [5.41, 5.74) is 3.77. The fraction of sp³-hybridized carbons (Fsp3) is 0.476. The second-order valence-electron chi connectivity index (χ2n) is 7.16. The van der Waals surface area contributed by atoms with Crippen LogP contribution in [-0.4, -0.2) is 43.2 Å². The molecule has 3 heterocycles. The molecule has 2 aliphatic rings. The standard InChI is InChI=1S/C21H26N2O2S/c1-15-5-2-3-7-17(15)21-18-9-12-26-19(18)8-10-23(21)20(24)14-22-13-16-6-4-11-25-16/h2-3,5,7,9,12,16,21-22H,4,6,8,10-11,13-14H2,1H3/t16-,21+/m1/s1. The Morgan fingerprint density at radius 3 is 3.00 bits per heavy atom. The molecule has 4 nitrogen and oxygen atoms in total. The summed E-state index contributed by atoms with van der Waals surface area (Å²) in [6.45, 7) is 4.91. The zero-order chi connectivity index (χ0) is 17.9. The predicted octanol–water partition coefficient (Wildman–Crippen LogP) is 3.30. The average molecular weight is 371 g/mol. The van der Waals surface area contributed by atoms with Gasteiger partial charge in [0, 0.05) is 24.6 Å². The largest absolute Gasteiger partial charge is 0.377 e. The Bertz CT molecular complexity index is 767. The van der Waals surface area contributed by atoms with E-state index in [1.165, 1.54) is 21.6 Å². The van der Waals surface area contributed by atoms with Crippen LogP contribution in [0.1, 0.15) is 40.5 Å². The molecule has 1 amide bonds. The minimum absolute atomic E-state index is 0.0308. The van der Waals surface area contributed by atoms with Crippen LogP contribution in [0.2, 0.25) is 0 Å². The summed E-state index contributed by atoms with van der Waals surface area (Å²) in [5.74, 6) is 0.174. The van der Waals surface area contributed by atoms with Crippen molar-refractivity contribution in [3.8, 4) is 0 Å². The summed E-state index contributed by atoms with van der Waals surface area (Å²) in [6.07, 6.45) is 3.43. The van der Waals surface area contributed by atoms with Crippen molar-refractivity contribution in [2.24, 2.45) is 0 Å². The summed E-state index contributed by atoms with van der Waals surface area (Å²) >= 11 is 1.81. The van der Waals surface area contributed by atoms with Crippen molar-refractivity contribution in [1.29, 1.82) is 0 Å². The van der Waals surface area contributed by atoms with Crippen molar-refractivity contribution in [2.45, 2.75) is 38.3 Å². The van der Waals surface area contributed by atoms with Gasteiger partial charge in [-0.3, -0.25) is 4.79 Å². The molecule has 1 fully saturated rings. The number of rotatable bonds is 5. The van der Waals surface area contributed by atoms with Gasteiger partial charge in [0.1, 0.15) is 0 Å². The number of nitrogens with zero attached hydrogens (tertiary/aromatic N) is 1. The molecule has 26 heavy (non-hydrogen) atoms. The topological polar surface area (TPSA) is 41.6 Å². The number of thiophene rings is 1. The maximum atomic E-state index is 13.0. The summed E-state index contributed by atoms with van der Waals surface area (Å²) in [7, 11) is 0. The minimum atomic E-state index is 0.0308. The van der Waals surface area contributed by atoms with Crippen LogP contribution in [0.15, 0.2) is 35.7 Å². The molecule has 1 aromatic carbocycles. The second-order valence-corrected chi connectivity index (χ2v) is 8.16. The summed E-state index contributed by atoms with van der Waals surface area (Å²) in [6, 6.07) is 10.6. The van der Waals surface area contributed by atoms with E-state index in [4.69, 9.17) is 4.74 Å². The van der Waals surface area contributed by atoms with Gasteiger partial charge in [-0.25, -0.2) is 0 Å². The number of amides is 1. The van der Waals surface area contributed by atoms with Gasteiger partial charge < -0.3 is 15.0 Å². The molecule has 0 unspecified atom stereocenters. The maximum absolute atomic E-state index is 13.0. The van der Waals surface area contributed by atoms with Gasteiger partial charge in [-0.05, 0) is 54.3 Å². The lowest BCUT2D eigenvalue weighted by atomic mass is 9.90. The lowest BCUT2D eigenvalue weighted by Gasteiger charge is -2.37. The molecule has 2 aromatic rings. The molecule has 5 heteroatoms. The third-order valence-corrected chi connectivity index (χ3v) is 6.44. The number of carbonyl (C=O) groups excluding carboxylic acids is 1. The van der Waals surface area contributed by atoms with Crippen LogP contribution in [0.3, 0.4) is 0 Å². The zero-order valence-electron chi connectivity index (χ0n) is 15.2. The van der Waals surface area contributed by atoms with Crippen molar-refractivity contribution in [2.75, 3.05) is 26.2 Å². The molecule has 0 bridgehead atoms. The van der Waals surface area contributed by atoms with Gasteiger partial charge in [-0.15, -0.1) is 11.3 Å². The second kappa shape index (κ2) is 7.91. The SMILES string of the molecule is Cc1ccccc1[C@H]1c2ccsc2CCN1C(=O)CNC[C@H]1CCCO1. The quantitative estimate of drug-likeness (QED) is 0.878. The third-order valence-electron chi connectivity index (χ3n) is 5.44. The van der Waals surface area contributed by atoms with Crippen molar-refractivity contribution in [1.82, 2.24) is 10.2 Å². The maximum Gasteiger partial charge on any atom is 0.237 e. The van der Waals surface area contributed by atoms with Crippen LogP contribution in [0.25, 0.3) is 0 Å². The molecule has 0 spiro atoms. The minimum Gasteiger partial charge on any atom is -0.377 e. The van der Waals surface area contributed by atoms with Crippen LogP contribution >= 0.6 is 11.3 Å². The Hall–Kier alpha value is -1.69. The molecule has 138 valence electrons. The highest BCUT2D eigenvalue weighted by Gasteiger charge is 2.33. The molecule has 1 N–H and O–H groups in total. The van der Waals surface area contributed by atoms with Crippen molar-refractivity contribution in [3.05, 3.63) is 57.3 Å². The number of benzene rings is 1. The van der Waals surface area contributed by atoms with Crippen molar-refractivity contribution < 1.29 is 9.53 Å². The first kappa shape index (κ1) is 17.7. The normalized spacial score (nSPS) is 22.4. The molecule has 4 rings (SSSR count). The molecular formula is C21H26N2O2S. The lowest BCUT2D eigenvalue weighted by Crippen LogP contribution is -2.45. The highest BCUT2D eigenvalue weighted by molar-refractivity contribution is 7.10. The van der Waals surface area contributed by atoms with E-state index in [0.717, 1.165) is 39.0 Å². The molecule has 0 saturated carbocycles. The fourth-order valence-electron chi connectivity index (χ4n) is 4.06. The highest BCUT2D eigenvalue weighted by Crippen LogP contribution is 2.38. The molecule has 1 aromatic heterocycles. The Kier molecular flexibility index (Phi) is 5.38. The number of nitrogens with one attached hydrogen (secondary N) is 1. The number of ether oxygens (including phenoxy) is 1. The van der Waals surface area contributed by atoms with Crippen LogP contribution in [-0.2, 0) is 16.0 Å². The number of aryl methyl sites for hydroxylation is 1.